The summed E-state index contributed by atoms with van der Waals surface area (Å²) in [6.45, 7) is 5.37. The maximum Gasteiger partial charge on any atom is 0.407 e. The molecule has 1 unspecified atom stereocenters. The van der Waals surface area contributed by atoms with Crippen LogP contribution in [0.1, 0.15) is 26.3 Å². The van der Waals surface area contributed by atoms with E-state index in [0.29, 0.717) is 12.0 Å². The minimum Gasteiger partial charge on any atom is -0.444 e. The molecule has 21 heavy (non-hydrogen) atoms. The average Bonchev–Trinajstić information content (AvgIpc) is 2.37. The van der Waals surface area contributed by atoms with Crippen LogP contribution in [0.2, 0.25) is 5.02 Å². The van der Waals surface area contributed by atoms with Gasteiger partial charge >= 0.3 is 6.09 Å². The van der Waals surface area contributed by atoms with Crippen LogP contribution in [-0.2, 0) is 11.2 Å². The number of rotatable bonds is 5. The average molecular weight is 318 g/mol. The standard InChI is InChI=1S/C15H21ClFNO3/c1-15(2,3)21-14(20)18-8-10(9-19)7-11-5-4-6-12(17)13(11)16/h4-6,10,19H,7-9H2,1-3H3,(H,18,20). The van der Waals surface area contributed by atoms with Gasteiger partial charge in [0.05, 0.1) is 5.02 Å². The Morgan fingerprint density at radius 1 is 1.48 bits per heavy atom. The minimum absolute atomic E-state index is 0.0493. The number of aliphatic hydroxyl groups is 1. The summed E-state index contributed by atoms with van der Waals surface area (Å²) in [6, 6.07) is 4.53. The molecule has 6 heteroatoms. The van der Waals surface area contributed by atoms with Gasteiger partial charge in [-0.05, 0) is 38.8 Å². The smallest absolute Gasteiger partial charge is 0.407 e. The fraction of sp³-hybridized carbons (Fsp3) is 0.533. The second-order valence-electron chi connectivity index (χ2n) is 5.85. The Kier molecular flexibility index (Phi) is 6.42. The Hall–Kier alpha value is -1.33. The zero-order chi connectivity index (χ0) is 16.0. The van der Waals surface area contributed by atoms with Crippen LogP contribution >= 0.6 is 11.6 Å². The fourth-order valence-corrected chi connectivity index (χ4v) is 1.96. The van der Waals surface area contributed by atoms with Gasteiger partial charge in [0.15, 0.2) is 0 Å². The number of carbonyl (C=O) groups excluding carboxylic acids is 1. The van der Waals surface area contributed by atoms with E-state index in [1.54, 1.807) is 32.9 Å². The predicted molar refractivity (Wildman–Crippen MR) is 79.9 cm³/mol. The lowest BCUT2D eigenvalue weighted by Crippen LogP contribution is -2.36. The van der Waals surface area contributed by atoms with Gasteiger partial charge in [0.1, 0.15) is 11.4 Å². The number of alkyl carbamates (subject to hydrolysis) is 1. The maximum atomic E-state index is 13.3. The summed E-state index contributed by atoms with van der Waals surface area (Å²) in [5, 5.41) is 12.0. The van der Waals surface area contributed by atoms with Crippen LogP contribution in [-0.4, -0.2) is 30.0 Å². The summed E-state index contributed by atoms with van der Waals surface area (Å²) in [6.07, 6.45) is -0.186. The van der Waals surface area contributed by atoms with Gasteiger partial charge in [-0.2, -0.15) is 0 Å². The highest BCUT2D eigenvalue weighted by molar-refractivity contribution is 6.31. The van der Waals surface area contributed by atoms with E-state index in [0.717, 1.165) is 0 Å². The highest BCUT2D eigenvalue weighted by Crippen LogP contribution is 2.22. The molecule has 118 valence electrons. The molecule has 2 N–H and O–H groups in total. The summed E-state index contributed by atoms with van der Waals surface area (Å²) in [7, 11) is 0. The first-order chi connectivity index (χ1) is 9.73. The van der Waals surface area contributed by atoms with Crippen molar-refractivity contribution >= 4 is 17.7 Å². The molecule has 0 aromatic heterocycles. The fourth-order valence-electron chi connectivity index (χ4n) is 1.76. The van der Waals surface area contributed by atoms with Crippen molar-refractivity contribution in [2.75, 3.05) is 13.2 Å². The van der Waals surface area contributed by atoms with Crippen molar-refractivity contribution in [3.05, 3.63) is 34.6 Å². The highest BCUT2D eigenvalue weighted by Gasteiger charge is 2.18. The first-order valence-electron chi connectivity index (χ1n) is 6.73. The molecule has 1 rings (SSSR count). The van der Waals surface area contributed by atoms with Gasteiger partial charge in [-0.3, -0.25) is 0 Å². The normalized spacial score (nSPS) is 12.9. The van der Waals surface area contributed by atoms with Crippen molar-refractivity contribution in [2.45, 2.75) is 32.8 Å². The largest absolute Gasteiger partial charge is 0.444 e. The Bertz CT molecular complexity index is 488. The molecule has 1 atom stereocenters. The molecule has 0 spiro atoms. The molecule has 0 aliphatic heterocycles. The third-order valence-corrected chi connectivity index (χ3v) is 3.16. The number of nitrogens with one attached hydrogen (secondary N) is 1. The van der Waals surface area contributed by atoms with Crippen LogP contribution in [0.4, 0.5) is 9.18 Å². The summed E-state index contributed by atoms with van der Waals surface area (Å²) in [5.41, 5.74) is 0.0201. The number of hydrogen-bond donors (Lipinski definition) is 2. The monoisotopic (exact) mass is 317 g/mol. The summed E-state index contributed by atoms with van der Waals surface area (Å²) in [5.74, 6) is -0.761. The second kappa shape index (κ2) is 7.61. The van der Waals surface area contributed by atoms with Crippen molar-refractivity contribution in [1.29, 1.82) is 0 Å². The molecule has 0 saturated carbocycles. The Morgan fingerprint density at radius 2 is 2.14 bits per heavy atom. The number of halogens is 2. The van der Waals surface area contributed by atoms with E-state index < -0.39 is 17.5 Å². The van der Waals surface area contributed by atoms with Crippen molar-refractivity contribution in [3.63, 3.8) is 0 Å². The van der Waals surface area contributed by atoms with E-state index in [1.165, 1.54) is 6.07 Å². The molecule has 1 aromatic carbocycles. The SMILES string of the molecule is CC(C)(C)OC(=O)NCC(CO)Cc1cccc(F)c1Cl. The molecule has 1 amide bonds. The molecule has 0 aliphatic rings. The molecule has 0 radical (unpaired) electrons. The molecule has 1 aromatic rings. The van der Waals surface area contributed by atoms with Crippen LogP contribution in [0.25, 0.3) is 0 Å². The van der Waals surface area contributed by atoms with Crippen LogP contribution in [0, 0.1) is 11.7 Å². The van der Waals surface area contributed by atoms with E-state index in [2.05, 4.69) is 5.32 Å². The lowest BCUT2D eigenvalue weighted by Gasteiger charge is -2.21. The molecular weight excluding hydrogens is 297 g/mol. The Balaban J connectivity index is 2.56. The molecular formula is C15H21ClFNO3. The molecule has 0 bridgehead atoms. The Morgan fingerprint density at radius 3 is 2.71 bits per heavy atom. The van der Waals surface area contributed by atoms with Gasteiger partial charge in [0.2, 0.25) is 0 Å². The summed E-state index contributed by atoms with van der Waals surface area (Å²) in [4.78, 5) is 11.6. The van der Waals surface area contributed by atoms with E-state index in [-0.39, 0.29) is 24.1 Å². The zero-order valence-corrected chi connectivity index (χ0v) is 13.2. The van der Waals surface area contributed by atoms with E-state index >= 15 is 0 Å². The number of ether oxygens (including phenoxy) is 1. The summed E-state index contributed by atoms with van der Waals surface area (Å²) < 4.78 is 18.5. The highest BCUT2D eigenvalue weighted by atomic mass is 35.5. The third-order valence-electron chi connectivity index (χ3n) is 2.73. The van der Waals surface area contributed by atoms with Crippen molar-refractivity contribution < 1.29 is 19.0 Å². The second-order valence-corrected chi connectivity index (χ2v) is 6.23. The number of hydrogen-bond acceptors (Lipinski definition) is 3. The van der Waals surface area contributed by atoms with Crippen LogP contribution in [0.5, 0.6) is 0 Å². The number of aliphatic hydroxyl groups excluding tert-OH is 1. The number of benzene rings is 1. The third kappa shape index (κ3) is 6.31. The molecule has 0 heterocycles. The van der Waals surface area contributed by atoms with E-state index in [1.807, 2.05) is 0 Å². The lowest BCUT2D eigenvalue weighted by atomic mass is 10.00. The predicted octanol–water partition coefficient (Wildman–Crippen LogP) is 3.15. The maximum absolute atomic E-state index is 13.3. The van der Waals surface area contributed by atoms with E-state index in [4.69, 9.17) is 16.3 Å². The van der Waals surface area contributed by atoms with Crippen molar-refractivity contribution in [3.8, 4) is 0 Å². The van der Waals surface area contributed by atoms with Crippen LogP contribution in [0.3, 0.4) is 0 Å². The number of amides is 1. The quantitative estimate of drug-likeness (QED) is 0.877. The molecule has 0 aliphatic carbocycles. The minimum atomic E-state index is -0.579. The Labute approximate surface area is 129 Å². The topological polar surface area (TPSA) is 58.6 Å². The van der Waals surface area contributed by atoms with E-state index in [9.17, 15) is 14.3 Å². The van der Waals surface area contributed by atoms with Gasteiger partial charge < -0.3 is 15.2 Å². The van der Waals surface area contributed by atoms with Gasteiger partial charge in [-0.25, -0.2) is 9.18 Å². The van der Waals surface area contributed by atoms with Gasteiger partial charge in [0.25, 0.3) is 0 Å². The summed E-state index contributed by atoms with van der Waals surface area (Å²) >= 11 is 5.88. The molecule has 0 fully saturated rings. The lowest BCUT2D eigenvalue weighted by molar-refractivity contribution is 0.0512. The molecule has 4 nitrogen and oxygen atoms in total. The van der Waals surface area contributed by atoms with Gasteiger partial charge in [-0.1, -0.05) is 23.7 Å². The van der Waals surface area contributed by atoms with Crippen LogP contribution < -0.4 is 5.32 Å². The molecule has 0 saturated heterocycles. The zero-order valence-electron chi connectivity index (χ0n) is 12.5. The first kappa shape index (κ1) is 17.7. The first-order valence-corrected chi connectivity index (χ1v) is 7.11. The van der Waals surface area contributed by atoms with Crippen molar-refractivity contribution in [2.24, 2.45) is 5.92 Å². The van der Waals surface area contributed by atoms with Crippen LogP contribution in [0.15, 0.2) is 18.2 Å². The number of carbonyl (C=O) groups is 1. The van der Waals surface area contributed by atoms with Gasteiger partial charge in [0, 0.05) is 19.1 Å². The van der Waals surface area contributed by atoms with Crippen molar-refractivity contribution in [1.82, 2.24) is 5.32 Å². The van der Waals surface area contributed by atoms with Gasteiger partial charge in [-0.15, -0.1) is 0 Å².